The number of alkyl halides is 2. The smallest absolute Gasteiger partial charge is 0.326 e. The Morgan fingerprint density at radius 3 is 2.65 bits per heavy atom. The number of nitrogens with two attached hydrogens (primary N) is 2. The van der Waals surface area contributed by atoms with Crippen molar-refractivity contribution in [3.05, 3.63) is 42.4 Å². The number of anilines is 2. The first kappa shape index (κ1) is 24.3. The maximum atomic E-state index is 13.1. The van der Waals surface area contributed by atoms with Gasteiger partial charge in [0.1, 0.15) is 6.26 Å². The number of hydrogen-bond donors (Lipinski definition) is 2. The molecule has 14 heteroatoms. The Kier molecular flexibility index (Phi) is 6.31. The summed E-state index contributed by atoms with van der Waals surface area (Å²) in [5.74, 6) is -2.84. The van der Waals surface area contributed by atoms with E-state index in [-0.39, 0.29) is 35.7 Å². The monoisotopic (exact) mass is 513 g/mol. The molecule has 1 saturated heterocycles. The third kappa shape index (κ3) is 5.57. The van der Waals surface area contributed by atoms with Crippen molar-refractivity contribution in [3.8, 4) is 23.0 Å². The fourth-order valence-corrected chi connectivity index (χ4v) is 3.88. The van der Waals surface area contributed by atoms with Gasteiger partial charge in [-0.3, -0.25) is 4.79 Å². The molecular formula is C23H25F2N9O3. The van der Waals surface area contributed by atoms with Crippen LogP contribution in [-0.2, 0) is 7.05 Å². The van der Waals surface area contributed by atoms with Crippen LogP contribution in [0.25, 0.3) is 11.3 Å². The molecule has 1 amide bonds. The number of aryl methyl sites for hydroxylation is 1. The number of piperidine rings is 1. The Hall–Kier alpha value is -4.36. The fraction of sp³-hybridized carbons (Fsp3) is 0.391. The number of nitrogen functional groups attached to an aromatic ring is 1. The van der Waals surface area contributed by atoms with Crippen LogP contribution < -0.4 is 25.8 Å². The van der Waals surface area contributed by atoms with Gasteiger partial charge in [0, 0.05) is 50.1 Å². The average molecular weight is 514 g/mol. The summed E-state index contributed by atoms with van der Waals surface area (Å²) in [6.07, 6.45) is 7.26. The number of hydrogen-bond acceptors (Lipinski definition) is 10. The van der Waals surface area contributed by atoms with E-state index in [1.54, 1.807) is 12.5 Å². The van der Waals surface area contributed by atoms with Gasteiger partial charge in [-0.25, -0.2) is 18.7 Å². The Bertz CT molecular complexity index is 1350. The number of halogens is 2. The van der Waals surface area contributed by atoms with Crippen molar-refractivity contribution >= 4 is 17.7 Å². The Balaban J connectivity index is 1.20. The molecule has 0 spiro atoms. The first-order valence-corrected chi connectivity index (χ1v) is 11.6. The minimum Gasteiger partial charge on any atom is -0.489 e. The molecule has 5 rings (SSSR count). The van der Waals surface area contributed by atoms with Crippen LogP contribution in [0.2, 0.25) is 0 Å². The number of carbonyl (C=O) groups is 1. The zero-order valence-corrected chi connectivity index (χ0v) is 20.0. The number of amides is 1. The molecule has 12 nitrogen and oxygen atoms in total. The fourth-order valence-electron chi connectivity index (χ4n) is 3.88. The van der Waals surface area contributed by atoms with Gasteiger partial charge in [0.05, 0.1) is 18.6 Å². The maximum Gasteiger partial charge on any atom is 0.326 e. The highest BCUT2D eigenvalue weighted by atomic mass is 19.3. The largest absolute Gasteiger partial charge is 0.489 e. The average Bonchev–Trinajstić information content (AvgIpc) is 3.26. The van der Waals surface area contributed by atoms with E-state index >= 15 is 0 Å². The summed E-state index contributed by atoms with van der Waals surface area (Å²) in [6.45, 7) is 1.57. The van der Waals surface area contributed by atoms with Crippen molar-refractivity contribution in [3.63, 3.8) is 0 Å². The minimum absolute atomic E-state index is 0.169. The van der Waals surface area contributed by atoms with Crippen LogP contribution in [0.5, 0.6) is 11.8 Å². The van der Waals surface area contributed by atoms with E-state index in [4.69, 9.17) is 20.9 Å². The molecule has 1 aliphatic carbocycles. The second-order valence-electron chi connectivity index (χ2n) is 9.02. The molecule has 0 bridgehead atoms. The Labute approximate surface area is 210 Å². The molecule has 194 valence electrons. The van der Waals surface area contributed by atoms with E-state index in [0.717, 1.165) is 30.4 Å². The van der Waals surface area contributed by atoms with Gasteiger partial charge in [-0.05, 0) is 24.8 Å². The molecule has 37 heavy (non-hydrogen) atoms. The lowest BCUT2D eigenvalue weighted by atomic mass is 9.98. The minimum atomic E-state index is -2.87. The normalized spacial score (nSPS) is 18.1. The molecule has 1 aliphatic heterocycles. The first-order valence-electron chi connectivity index (χ1n) is 11.6. The van der Waals surface area contributed by atoms with Crippen LogP contribution in [0.4, 0.5) is 20.5 Å². The van der Waals surface area contributed by atoms with Crippen LogP contribution in [0.3, 0.4) is 0 Å². The van der Waals surface area contributed by atoms with Gasteiger partial charge < -0.3 is 30.4 Å². The maximum absolute atomic E-state index is 13.1. The number of carbonyl (C=O) groups excluding carboxylic acids is 1. The van der Waals surface area contributed by atoms with Gasteiger partial charge >= 0.3 is 6.01 Å². The first-order chi connectivity index (χ1) is 17.7. The second-order valence-corrected chi connectivity index (χ2v) is 9.02. The van der Waals surface area contributed by atoms with E-state index in [1.165, 1.54) is 0 Å². The predicted octanol–water partition coefficient (Wildman–Crippen LogP) is 1.95. The SMILES string of the molecule is Cn1cnc(-c2cnc(N)c(OCC3CCN(c4nc(O/C=C5/CC5(F)F)nc(C(N)=O)n4)CC3)c2)c1. The molecule has 2 fully saturated rings. The van der Waals surface area contributed by atoms with Gasteiger partial charge in [-0.1, -0.05) is 0 Å². The summed E-state index contributed by atoms with van der Waals surface area (Å²) in [4.78, 5) is 34.2. The summed E-state index contributed by atoms with van der Waals surface area (Å²) in [5, 5.41) is 0. The lowest BCUT2D eigenvalue weighted by molar-refractivity contribution is 0.0988. The van der Waals surface area contributed by atoms with Crippen LogP contribution >= 0.6 is 0 Å². The lowest BCUT2D eigenvalue weighted by Crippen LogP contribution is -2.37. The highest BCUT2D eigenvalue weighted by molar-refractivity contribution is 5.89. The number of nitrogens with zero attached hydrogens (tertiary/aromatic N) is 7. The summed E-state index contributed by atoms with van der Waals surface area (Å²) in [6, 6.07) is 1.56. The van der Waals surface area contributed by atoms with Crippen molar-refractivity contribution in [1.82, 2.24) is 29.5 Å². The van der Waals surface area contributed by atoms with Crippen molar-refractivity contribution in [2.24, 2.45) is 18.7 Å². The topological polar surface area (TPSA) is 160 Å². The molecule has 0 radical (unpaired) electrons. The number of pyridine rings is 1. The quantitative estimate of drug-likeness (QED) is 0.426. The molecule has 3 aromatic heterocycles. The lowest BCUT2D eigenvalue weighted by Gasteiger charge is -2.32. The molecule has 3 aromatic rings. The van der Waals surface area contributed by atoms with Gasteiger partial charge in [-0.15, -0.1) is 0 Å². The summed E-state index contributed by atoms with van der Waals surface area (Å²) < 4.78 is 39.2. The number of rotatable bonds is 8. The molecule has 0 atom stereocenters. The van der Waals surface area contributed by atoms with Gasteiger partial charge in [0.15, 0.2) is 11.6 Å². The number of ether oxygens (including phenoxy) is 2. The van der Waals surface area contributed by atoms with Crippen molar-refractivity contribution in [2.45, 2.75) is 25.2 Å². The Morgan fingerprint density at radius 1 is 1.24 bits per heavy atom. The van der Waals surface area contributed by atoms with Crippen LogP contribution in [-0.4, -0.2) is 61.0 Å². The third-order valence-corrected chi connectivity index (χ3v) is 6.14. The Morgan fingerprint density at radius 2 is 2.00 bits per heavy atom. The van der Waals surface area contributed by atoms with Crippen molar-refractivity contribution < 1.29 is 23.0 Å². The van der Waals surface area contributed by atoms with Gasteiger partial charge in [0.25, 0.3) is 11.8 Å². The van der Waals surface area contributed by atoms with E-state index in [0.29, 0.717) is 31.3 Å². The number of aromatic nitrogens is 6. The molecule has 0 aromatic carbocycles. The van der Waals surface area contributed by atoms with Gasteiger partial charge in [-0.2, -0.15) is 15.0 Å². The van der Waals surface area contributed by atoms with E-state index < -0.39 is 11.8 Å². The summed E-state index contributed by atoms with van der Waals surface area (Å²) >= 11 is 0. The molecule has 4 heterocycles. The third-order valence-electron chi connectivity index (χ3n) is 6.14. The number of allylic oxidation sites excluding steroid dienone is 1. The van der Waals surface area contributed by atoms with E-state index in [1.807, 2.05) is 28.8 Å². The molecule has 2 aliphatic rings. The van der Waals surface area contributed by atoms with Crippen molar-refractivity contribution in [1.29, 1.82) is 0 Å². The zero-order valence-electron chi connectivity index (χ0n) is 20.0. The van der Waals surface area contributed by atoms with Crippen LogP contribution in [0, 0.1) is 5.92 Å². The van der Waals surface area contributed by atoms with Crippen molar-refractivity contribution in [2.75, 3.05) is 30.3 Å². The van der Waals surface area contributed by atoms with E-state index in [9.17, 15) is 13.6 Å². The number of primary amides is 1. The predicted molar refractivity (Wildman–Crippen MR) is 128 cm³/mol. The highest BCUT2D eigenvalue weighted by Crippen LogP contribution is 2.47. The van der Waals surface area contributed by atoms with Crippen LogP contribution in [0.1, 0.15) is 29.9 Å². The van der Waals surface area contributed by atoms with Gasteiger partial charge in [0.2, 0.25) is 11.8 Å². The molecular weight excluding hydrogens is 488 g/mol. The van der Waals surface area contributed by atoms with E-state index in [2.05, 4.69) is 24.9 Å². The molecule has 0 unspecified atom stereocenters. The summed E-state index contributed by atoms with van der Waals surface area (Å²) in [5.41, 5.74) is 12.8. The standard InChI is InChI=1S/C23H25F2N9O3/c1-33-9-16(29-12-33)14-6-17(18(26)28-8-14)36-10-13-2-4-34(5-3-13)21-30-20(19(27)35)31-22(32-21)37-11-15-7-23(15,24)25/h6,8-9,11-13H,2-5,7,10H2,1H3,(H2,26,28)(H2,27,35)/b15-11-. The highest BCUT2D eigenvalue weighted by Gasteiger charge is 2.51. The second kappa shape index (κ2) is 9.59. The van der Waals surface area contributed by atoms with Crippen LogP contribution in [0.15, 0.2) is 36.6 Å². The number of imidazole rings is 1. The molecule has 1 saturated carbocycles. The summed E-state index contributed by atoms with van der Waals surface area (Å²) in [7, 11) is 1.89. The zero-order chi connectivity index (χ0) is 26.2. The molecule has 4 N–H and O–H groups in total.